The van der Waals surface area contributed by atoms with Gasteiger partial charge in [0, 0.05) is 44.8 Å². The minimum atomic E-state index is 0. The van der Waals surface area contributed by atoms with Crippen molar-refractivity contribution in [1.82, 2.24) is 10.6 Å². The first-order chi connectivity index (χ1) is 14.7. The van der Waals surface area contributed by atoms with Crippen molar-refractivity contribution >= 4 is 29.9 Å². The third-order valence-electron chi connectivity index (χ3n) is 4.97. The predicted octanol–water partition coefficient (Wildman–Crippen LogP) is 3.89. The maximum Gasteiger partial charge on any atom is 0.191 e. The molecular weight excluding hydrogens is 509 g/mol. The largest absolute Gasteiger partial charge is 0.493 e. The van der Waals surface area contributed by atoms with Crippen molar-refractivity contribution in [2.45, 2.75) is 32.9 Å². The SMILES string of the molecule is CN=C(NCCCOCc1ccco1)NCc1ccc(C)cc1OCC1CCOC1.I. The maximum atomic E-state index is 6.12. The van der Waals surface area contributed by atoms with Crippen LogP contribution in [0.1, 0.15) is 29.7 Å². The van der Waals surface area contributed by atoms with Crippen molar-refractivity contribution in [3.63, 3.8) is 0 Å². The van der Waals surface area contributed by atoms with E-state index in [1.165, 1.54) is 5.56 Å². The summed E-state index contributed by atoms with van der Waals surface area (Å²) in [6, 6.07) is 10.1. The molecule has 0 spiro atoms. The topological polar surface area (TPSA) is 77.3 Å². The molecule has 7 nitrogen and oxygen atoms in total. The summed E-state index contributed by atoms with van der Waals surface area (Å²) < 4.78 is 22.4. The second kappa shape index (κ2) is 14.3. The summed E-state index contributed by atoms with van der Waals surface area (Å²) in [4.78, 5) is 4.30. The van der Waals surface area contributed by atoms with E-state index in [0.29, 0.717) is 32.3 Å². The normalized spacial score (nSPS) is 16.1. The van der Waals surface area contributed by atoms with Crippen molar-refractivity contribution in [2.24, 2.45) is 10.9 Å². The summed E-state index contributed by atoms with van der Waals surface area (Å²) in [5, 5.41) is 6.68. The second-order valence-electron chi connectivity index (χ2n) is 7.49. The quantitative estimate of drug-likeness (QED) is 0.194. The Labute approximate surface area is 202 Å². The van der Waals surface area contributed by atoms with Gasteiger partial charge in [0.2, 0.25) is 0 Å². The van der Waals surface area contributed by atoms with Gasteiger partial charge in [0.05, 0.1) is 19.5 Å². The van der Waals surface area contributed by atoms with Gasteiger partial charge in [0.1, 0.15) is 18.1 Å². The van der Waals surface area contributed by atoms with E-state index in [-0.39, 0.29) is 24.0 Å². The first kappa shape index (κ1) is 25.5. The molecule has 2 heterocycles. The van der Waals surface area contributed by atoms with E-state index in [0.717, 1.165) is 55.6 Å². The molecule has 1 unspecified atom stereocenters. The van der Waals surface area contributed by atoms with Gasteiger partial charge in [-0.3, -0.25) is 4.99 Å². The van der Waals surface area contributed by atoms with E-state index in [9.17, 15) is 0 Å². The van der Waals surface area contributed by atoms with E-state index in [1.54, 1.807) is 13.3 Å². The Morgan fingerprint density at radius 2 is 2.16 bits per heavy atom. The molecule has 0 aliphatic carbocycles. The minimum absolute atomic E-state index is 0. The van der Waals surface area contributed by atoms with E-state index >= 15 is 0 Å². The number of furan rings is 1. The molecule has 1 atom stereocenters. The fourth-order valence-electron chi connectivity index (χ4n) is 3.21. The molecule has 172 valence electrons. The second-order valence-corrected chi connectivity index (χ2v) is 7.49. The minimum Gasteiger partial charge on any atom is -0.493 e. The van der Waals surface area contributed by atoms with E-state index in [2.05, 4.69) is 40.7 Å². The third-order valence-corrected chi connectivity index (χ3v) is 4.97. The smallest absolute Gasteiger partial charge is 0.191 e. The van der Waals surface area contributed by atoms with E-state index in [1.807, 2.05) is 12.1 Å². The fraction of sp³-hybridized carbons (Fsp3) is 0.522. The molecule has 0 amide bonds. The zero-order valence-corrected chi connectivity index (χ0v) is 20.7. The summed E-state index contributed by atoms with van der Waals surface area (Å²) in [5.41, 5.74) is 2.30. The lowest BCUT2D eigenvalue weighted by Crippen LogP contribution is -2.37. The van der Waals surface area contributed by atoms with Crippen molar-refractivity contribution in [2.75, 3.05) is 40.0 Å². The Kier molecular flexibility index (Phi) is 11.8. The first-order valence-corrected chi connectivity index (χ1v) is 10.6. The van der Waals surface area contributed by atoms with Crippen LogP contribution in [0.2, 0.25) is 0 Å². The number of nitrogens with one attached hydrogen (secondary N) is 2. The Morgan fingerprint density at radius 1 is 1.26 bits per heavy atom. The molecule has 1 aromatic heterocycles. The number of ether oxygens (including phenoxy) is 3. The number of hydrogen-bond donors (Lipinski definition) is 2. The van der Waals surface area contributed by atoms with Crippen LogP contribution < -0.4 is 15.4 Å². The van der Waals surface area contributed by atoms with Gasteiger partial charge in [-0.05, 0) is 43.5 Å². The predicted molar refractivity (Wildman–Crippen MR) is 132 cm³/mol. The third kappa shape index (κ3) is 9.08. The monoisotopic (exact) mass is 543 g/mol. The fourth-order valence-corrected chi connectivity index (χ4v) is 3.21. The molecule has 1 fully saturated rings. The molecular formula is C23H34IN3O4. The van der Waals surface area contributed by atoms with Crippen LogP contribution in [0.15, 0.2) is 46.0 Å². The maximum absolute atomic E-state index is 6.12. The lowest BCUT2D eigenvalue weighted by Gasteiger charge is -2.17. The molecule has 0 saturated carbocycles. The molecule has 1 aromatic carbocycles. The summed E-state index contributed by atoms with van der Waals surface area (Å²) in [6.45, 7) is 6.99. The van der Waals surface area contributed by atoms with Gasteiger partial charge in [0.25, 0.3) is 0 Å². The van der Waals surface area contributed by atoms with Crippen LogP contribution >= 0.6 is 24.0 Å². The van der Waals surface area contributed by atoms with Crippen molar-refractivity contribution < 1.29 is 18.6 Å². The number of halogens is 1. The molecule has 2 N–H and O–H groups in total. The molecule has 1 saturated heterocycles. The van der Waals surface area contributed by atoms with Gasteiger partial charge < -0.3 is 29.3 Å². The van der Waals surface area contributed by atoms with E-state index in [4.69, 9.17) is 18.6 Å². The average Bonchev–Trinajstić information content (AvgIpc) is 3.46. The van der Waals surface area contributed by atoms with Gasteiger partial charge in [-0.25, -0.2) is 0 Å². The zero-order valence-electron chi connectivity index (χ0n) is 18.4. The highest BCUT2D eigenvalue weighted by Gasteiger charge is 2.17. The van der Waals surface area contributed by atoms with Crippen LogP contribution in [-0.4, -0.2) is 46.0 Å². The van der Waals surface area contributed by atoms with Gasteiger partial charge in [-0.1, -0.05) is 12.1 Å². The van der Waals surface area contributed by atoms with Gasteiger partial charge in [-0.15, -0.1) is 24.0 Å². The zero-order chi connectivity index (χ0) is 21.0. The van der Waals surface area contributed by atoms with Crippen LogP contribution in [0.3, 0.4) is 0 Å². The van der Waals surface area contributed by atoms with Crippen molar-refractivity contribution in [1.29, 1.82) is 0 Å². The van der Waals surface area contributed by atoms with Crippen LogP contribution in [-0.2, 0) is 22.6 Å². The van der Waals surface area contributed by atoms with Crippen LogP contribution in [0, 0.1) is 12.8 Å². The summed E-state index contributed by atoms with van der Waals surface area (Å²) in [5.74, 6) is 3.01. The van der Waals surface area contributed by atoms with Crippen LogP contribution in [0.25, 0.3) is 0 Å². The Balaban J connectivity index is 0.00000341. The molecule has 0 radical (unpaired) electrons. The number of hydrogen-bond acceptors (Lipinski definition) is 5. The van der Waals surface area contributed by atoms with Gasteiger partial charge in [-0.2, -0.15) is 0 Å². The Hall–Kier alpha value is -1.78. The Bertz CT molecular complexity index is 777. The highest BCUT2D eigenvalue weighted by Crippen LogP contribution is 2.22. The van der Waals surface area contributed by atoms with Crippen LogP contribution in [0.5, 0.6) is 5.75 Å². The lowest BCUT2D eigenvalue weighted by molar-refractivity contribution is 0.105. The lowest BCUT2D eigenvalue weighted by atomic mass is 10.1. The summed E-state index contributed by atoms with van der Waals surface area (Å²) in [7, 11) is 1.77. The Morgan fingerprint density at radius 3 is 2.90 bits per heavy atom. The number of guanidine groups is 1. The summed E-state index contributed by atoms with van der Waals surface area (Å²) in [6.07, 6.45) is 3.61. The van der Waals surface area contributed by atoms with Crippen molar-refractivity contribution in [3.05, 3.63) is 53.5 Å². The number of nitrogens with zero attached hydrogens (tertiary/aromatic N) is 1. The average molecular weight is 543 g/mol. The highest BCUT2D eigenvalue weighted by molar-refractivity contribution is 14.0. The molecule has 1 aliphatic heterocycles. The molecule has 0 bridgehead atoms. The van der Waals surface area contributed by atoms with Gasteiger partial charge in [0.15, 0.2) is 5.96 Å². The molecule has 8 heteroatoms. The summed E-state index contributed by atoms with van der Waals surface area (Å²) >= 11 is 0. The number of benzene rings is 1. The van der Waals surface area contributed by atoms with E-state index < -0.39 is 0 Å². The van der Waals surface area contributed by atoms with Gasteiger partial charge >= 0.3 is 0 Å². The molecule has 3 rings (SSSR count). The molecule has 2 aromatic rings. The first-order valence-electron chi connectivity index (χ1n) is 10.6. The highest BCUT2D eigenvalue weighted by atomic mass is 127. The molecule has 1 aliphatic rings. The van der Waals surface area contributed by atoms with Crippen molar-refractivity contribution in [3.8, 4) is 5.75 Å². The number of rotatable bonds is 11. The number of aryl methyl sites for hydroxylation is 1. The standard InChI is InChI=1S/C23H33N3O4.HI/c1-18-6-7-20(22(13-18)30-16-19-8-12-28-15-19)14-26-23(24-2)25-9-4-10-27-17-21-5-3-11-29-21;/h3,5-7,11,13,19H,4,8-10,12,14-17H2,1-2H3,(H2,24,25,26);1H. The molecule has 31 heavy (non-hydrogen) atoms. The number of aliphatic imine (C=N–C) groups is 1. The van der Waals surface area contributed by atoms with Crippen LogP contribution in [0.4, 0.5) is 0 Å².